The van der Waals surface area contributed by atoms with Crippen LogP contribution in [0.5, 0.6) is 0 Å². The Bertz CT molecular complexity index is 731. The fraction of sp³-hybridized carbons (Fsp3) is 0.500. The second-order valence-electron chi connectivity index (χ2n) is 6.65. The summed E-state index contributed by atoms with van der Waals surface area (Å²) in [5, 5.41) is 4.27. The monoisotopic (exact) mass is 342 g/mol. The maximum atomic E-state index is 12.9. The maximum absolute atomic E-state index is 12.9. The molecule has 2 aromatic heterocycles. The van der Waals surface area contributed by atoms with E-state index in [4.69, 9.17) is 0 Å². The van der Waals surface area contributed by atoms with E-state index in [1.807, 2.05) is 13.1 Å². The van der Waals surface area contributed by atoms with Crippen LogP contribution < -0.4 is 0 Å². The lowest BCUT2D eigenvalue weighted by atomic mass is 10.1. The summed E-state index contributed by atoms with van der Waals surface area (Å²) in [5.74, 6) is 1.05. The Kier molecular flexibility index (Phi) is 4.33. The highest BCUT2D eigenvalue weighted by Crippen LogP contribution is 2.33. The smallest absolute Gasteiger partial charge is 0.237 e. The Balaban J connectivity index is 1.43. The van der Waals surface area contributed by atoms with Crippen LogP contribution in [0.25, 0.3) is 0 Å². The molecular weight excluding hydrogens is 320 g/mol. The van der Waals surface area contributed by atoms with Gasteiger partial charge in [0.15, 0.2) is 0 Å². The van der Waals surface area contributed by atoms with Gasteiger partial charge in [-0.25, -0.2) is 9.97 Å². The number of thiophene rings is 1. The van der Waals surface area contributed by atoms with Crippen molar-refractivity contribution in [2.24, 2.45) is 0 Å². The number of rotatable bonds is 3. The summed E-state index contributed by atoms with van der Waals surface area (Å²) >= 11 is 1.71. The van der Waals surface area contributed by atoms with Crippen LogP contribution >= 0.6 is 11.3 Å². The van der Waals surface area contributed by atoms with Crippen molar-refractivity contribution in [2.75, 3.05) is 19.6 Å². The minimum absolute atomic E-state index is 0.248. The molecule has 2 aliphatic heterocycles. The molecule has 0 N–H and O–H groups in total. The first-order valence-electron chi connectivity index (χ1n) is 8.56. The minimum Gasteiger partial charge on any atom is -0.335 e. The first kappa shape index (κ1) is 15.7. The molecule has 2 aliphatic rings. The average Bonchev–Trinajstić information content (AvgIpc) is 3.25. The molecule has 1 amide bonds. The largest absolute Gasteiger partial charge is 0.335 e. The van der Waals surface area contributed by atoms with Crippen molar-refractivity contribution in [2.45, 2.75) is 38.8 Å². The molecule has 126 valence electrons. The van der Waals surface area contributed by atoms with Crippen molar-refractivity contribution < 1.29 is 4.79 Å². The quantitative estimate of drug-likeness (QED) is 0.860. The van der Waals surface area contributed by atoms with Crippen molar-refractivity contribution in [1.29, 1.82) is 0 Å². The summed E-state index contributed by atoms with van der Waals surface area (Å²) in [5.41, 5.74) is 3.59. The van der Waals surface area contributed by atoms with Gasteiger partial charge in [0.25, 0.3) is 0 Å². The molecule has 1 atom stereocenters. The third kappa shape index (κ3) is 3.08. The molecule has 0 bridgehead atoms. The maximum Gasteiger partial charge on any atom is 0.237 e. The summed E-state index contributed by atoms with van der Waals surface area (Å²) in [6.45, 7) is 4.94. The van der Waals surface area contributed by atoms with Crippen LogP contribution in [0.4, 0.5) is 0 Å². The van der Waals surface area contributed by atoms with E-state index < -0.39 is 0 Å². The normalized spacial score (nSPS) is 21.0. The molecule has 0 spiro atoms. The van der Waals surface area contributed by atoms with Gasteiger partial charge in [0, 0.05) is 25.8 Å². The van der Waals surface area contributed by atoms with Crippen LogP contribution in [0.1, 0.15) is 41.5 Å². The summed E-state index contributed by atoms with van der Waals surface area (Å²) in [6, 6.07) is 2.42. The van der Waals surface area contributed by atoms with E-state index in [2.05, 4.69) is 36.6 Å². The van der Waals surface area contributed by atoms with Gasteiger partial charge in [0.2, 0.25) is 5.91 Å². The molecule has 0 radical (unpaired) electrons. The summed E-state index contributed by atoms with van der Waals surface area (Å²) in [7, 11) is 0. The number of aryl methyl sites for hydroxylation is 1. The Morgan fingerprint density at radius 2 is 2.33 bits per heavy atom. The van der Waals surface area contributed by atoms with Crippen molar-refractivity contribution in [3.8, 4) is 0 Å². The van der Waals surface area contributed by atoms with Gasteiger partial charge in [-0.2, -0.15) is 11.3 Å². The Morgan fingerprint density at radius 1 is 1.42 bits per heavy atom. The number of amides is 1. The van der Waals surface area contributed by atoms with Crippen LogP contribution in [0, 0.1) is 6.92 Å². The highest BCUT2D eigenvalue weighted by Gasteiger charge is 2.31. The highest BCUT2D eigenvalue weighted by atomic mass is 32.1. The topological polar surface area (TPSA) is 49.3 Å². The molecule has 5 nitrogen and oxygen atoms in total. The molecule has 0 unspecified atom stereocenters. The number of carbonyl (C=O) groups is 1. The van der Waals surface area contributed by atoms with Gasteiger partial charge in [0.05, 0.1) is 18.3 Å². The van der Waals surface area contributed by atoms with E-state index in [9.17, 15) is 4.79 Å². The van der Waals surface area contributed by atoms with Crippen molar-refractivity contribution >= 4 is 17.2 Å². The molecule has 6 heteroatoms. The summed E-state index contributed by atoms with van der Waals surface area (Å²) < 4.78 is 0. The Morgan fingerprint density at radius 3 is 3.17 bits per heavy atom. The average molecular weight is 342 g/mol. The Hall–Kier alpha value is -1.79. The number of nitrogens with zero attached hydrogens (tertiary/aromatic N) is 4. The molecule has 0 aliphatic carbocycles. The fourth-order valence-corrected chi connectivity index (χ4v) is 4.46. The van der Waals surface area contributed by atoms with Crippen LogP contribution in [0.3, 0.4) is 0 Å². The highest BCUT2D eigenvalue weighted by molar-refractivity contribution is 7.07. The van der Waals surface area contributed by atoms with E-state index >= 15 is 0 Å². The standard InChI is InChI=1S/C18H22N4OS/c1-13-19-9-14-4-7-21(10-16(14)20-13)11-18(23)22-6-2-3-17(22)15-5-8-24-12-15/h5,8-9,12,17H,2-4,6-7,10-11H2,1H3/t17-/m0/s1. The van der Waals surface area contributed by atoms with E-state index in [1.165, 1.54) is 11.1 Å². The zero-order chi connectivity index (χ0) is 16.5. The van der Waals surface area contributed by atoms with Crippen LogP contribution in [-0.4, -0.2) is 45.3 Å². The lowest BCUT2D eigenvalue weighted by Gasteiger charge is -2.31. The van der Waals surface area contributed by atoms with Crippen LogP contribution in [-0.2, 0) is 17.8 Å². The number of aromatic nitrogens is 2. The van der Waals surface area contributed by atoms with Gasteiger partial charge in [-0.15, -0.1) is 0 Å². The number of hydrogen-bond acceptors (Lipinski definition) is 5. The van der Waals surface area contributed by atoms with E-state index in [-0.39, 0.29) is 11.9 Å². The Labute approximate surface area is 146 Å². The summed E-state index contributed by atoms with van der Waals surface area (Å²) in [4.78, 5) is 26.0. The molecular formula is C18H22N4OS. The minimum atomic E-state index is 0.248. The zero-order valence-corrected chi connectivity index (χ0v) is 14.8. The van der Waals surface area contributed by atoms with Gasteiger partial charge in [0.1, 0.15) is 5.82 Å². The predicted molar refractivity (Wildman–Crippen MR) is 93.8 cm³/mol. The zero-order valence-electron chi connectivity index (χ0n) is 13.9. The number of hydrogen-bond donors (Lipinski definition) is 0. The van der Waals surface area contributed by atoms with E-state index in [1.54, 1.807) is 11.3 Å². The molecule has 4 heterocycles. The van der Waals surface area contributed by atoms with E-state index in [0.717, 1.165) is 50.4 Å². The van der Waals surface area contributed by atoms with Gasteiger partial charge < -0.3 is 4.90 Å². The van der Waals surface area contributed by atoms with E-state index in [0.29, 0.717) is 6.54 Å². The first-order chi connectivity index (χ1) is 11.7. The van der Waals surface area contributed by atoms with Crippen molar-refractivity contribution in [3.05, 3.63) is 45.7 Å². The third-order valence-corrected chi connectivity index (χ3v) is 5.71. The second-order valence-corrected chi connectivity index (χ2v) is 7.43. The molecule has 0 aromatic carbocycles. The molecule has 1 saturated heterocycles. The lowest BCUT2D eigenvalue weighted by molar-refractivity contribution is -0.133. The number of carbonyl (C=O) groups excluding carboxylic acids is 1. The van der Waals surface area contributed by atoms with Gasteiger partial charge in [-0.1, -0.05) is 0 Å². The van der Waals surface area contributed by atoms with Gasteiger partial charge in [-0.3, -0.25) is 9.69 Å². The van der Waals surface area contributed by atoms with Crippen LogP contribution in [0.2, 0.25) is 0 Å². The summed E-state index contributed by atoms with van der Waals surface area (Å²) in [6.07, 6.45) is 5.04. The van der Waals surface area contributed by atoms with Gasteiger partial charge >= 0.3 is 0 Å². The molecule has 4 rings (SSSR count). The van der Waals surface area contributed by atoms with Gasteiger partial charge in [-0.05, 0) is 54.1 Å². The first-order valence-corrected chi connectivity index (χ1v) is 9.50. The molecule has 0 saturated carbocycles. The second kappa shape index (κ2) is 6.61. The fourth-order valence-electron chi connectivity index (χ4n) is 3.75. The van der Waals surface area contributed by atoms with Crippen molar-refractivity contribution in [3.63, 3.8) is 0 Å². The molecule has 2 aromatic rings. The molecule has 1 fully saturated rings. The predicted octanol–water partition coefficient (Wildman–Crippen LogP) is 2.57. The van der Waals surface area contributed by atoms with Crippen LogP contribution in [0.15, 0.2) is 23.0 Å². The number of likely N-dealkylation sites (tertiary alicyclic amines) is 1. The third-order valence-electron chi connectivity index (χ3n) is 5.01. The molecule has 24 heavy (non-hydrogen) atoms. The van der Waals surface area contributed by atoms with Crippen molar-refractivity contribution in [1.82, 2.24) is 19.8 Å². The number of fused-ring (bicyclic) bond motifs is 1. The SMILES string of the molecule is Cc1ncc2c(n1)CN(CC(=O)N1CCC[C@H]1c1ccsc1)CC2. The lowest BCUT2D eigenvalue weighted by Crippen LogP contribution is -2.42.